The lowest BCUT2D eigenvalue weighted by Gasteiger charge is -2.02. The second-order valence-corrected chi connectivity index (χ2v) is 8.52. The molecule has 0 unspecified atom stereocenters. The summed E-state index contributed by atoms with van der Waals surface area (Å²) in [6.45, 7) is 3.72. The molecule has 0 radical (unpaired) electrons. The van der Waals surface area contributed by atoms with Crippen molar-refractivity contribution in [1.82, 2.24) is 0 Å². The van der Waals surface area contributed by atoms with Gasteiger partial charge in [-0.1, -0.05) is 58.9 Å². The largest absolute Gasteiger partial charge is 0.288 e. The van der Waals surface area contributed by atoms with Crippen LogP contribution in [0.1, 0.15) is 31.8 Å². The first-order valence-corrected chi connectivity index (χ1v) is 9.56. The van der Waals surface area contributed by atoms with Crippen molar-refractivity contribution in [2.75, 3.05) is 0 Å². The Morgan fingerprint density at radius 1 is 0.708 bits per heavy atom. The van der Waals surface area contributed by atoms with Gasteiger partial charge in [0.2, 0.25) is 11.6 Å². The summed E-state index contributed by atoms with van der Waals surface area (Å²) in [5.41, 5.74) is 2.69. The fraction of sp³-hybridized carbons (Fsp3) is 0.111. The number of fused-ring (bicyclic) bond motifs is 2. The van der Waals surface area contributed by atoms with Gasteiger partial charge in [0, 0.05) is 9.79 Å². The lowest BCUT2D eigenvalue weighted by atomic mass is 10.0. The molecule has 0 bridgehead atoms. The Labute approximate surface area is 157 Å². The Hall–Kier alpha value is -1.20. The highest BCUT2D eigenvalue weighted by Gasteiger charge is 2.38. The quantitative estimate of drug-likeness (QED) is 0.507. The van der Waals surface area contributed by atoms with Crippen molar-refractivity contribution in [3.63, 3.8) is 0 Å². The Balaban J connectivity index is 1.86. The standard InChI is InChI=1S/C18H10Cl2O2S2/c1-7-3-5-9-11(13(7)19)15(21)17(23-9)18-16(22)12-10(24-18)6-4-8(2)14(12)20/h3-6H,1-2H3/b18-17-. The molecule has 0 N–H and O–H groups in total. The molecule has 0 atom stereocenters. The first kappa shape index (κ1) is 16.3. The molecule has 120 valence electrons. The summed E-state index contributed by atoms with van der Waals surface area (Å²) in [4.78, 5) is 28.2. The highest BCUT2D eigenvalue weighted by atomic mass is 35.5. The van der Waals surface area contributed by atoms with Gasteiger partial charge >= 0.3 is 0 Å². The third-order valence-corrected chi connectivity index (χ3v) is 7.50. The van der Waals surface area contributed by atoms with Crippen LogP contribution in [-0.2, 0) is 0 Å². The number of carbonyl (C=O) groups excluding carboxylic acids is 2. The summed E-state index contributed by atoms with van der Waals surface area (Å²) >= 11 is 15.2. The number of hydrogen-bond acceptors (Lipinski definition) is 4. The predicted molar refractivity (Wildman–Crippen MR) is 99.8 cm³/mol. The molecule has 24 heavy (non-hydrogen) atoms. The maximum Gasteiger partial charge on any atom is 0.203 e. The second kappa shape index (κ2) is 5.67. The Morgan fingerprint density at radius 2 is 1.08 bits per heavy atom. The molecular formula is C18H10Cl2O2S2. The fourth-order valence-electron chi connectivity index (χ4n) is 2.76. The molecule has 0 saturated heterocycles. The number of halogens is 2. The summed E-state index contributed by atoms with van der Waals surface area (Å²) in [6.07, 6.45) is 0. The molecule has 0 aromatic heterocycles. The maximum absolute atomic E-state index is 12.8. The van der Waals surface area contributed by atoms with Gasteiger partial charge in [0.1, 0.15) is 0 Å². The Morgan fingerprint density at radius 3 is 1.46 bits per heavy atom. The van der Waals surface area contributed by atoms with Gasteiger partial charge in [-0.15, -0.1) is 0 Å². The number of ketones is 2. The zero-order valence-corrected chi connectivity index (χ0v) is 15.8. The zero-order chi connectivity index (χ0) is 17.2. The number of allylic oxidation sites excluding steroid dienone is 2. The van der Waals surface area contributed by atoms with Crippen LogP contribution >= 0.6 is 46.7 Å². The second-order valence-electron chi connectivity index (χ2n) is 5.66. The van der Waals surface area contributed by atoms with E-state index in [0.717, 1.165) is 20.9 Å². The molecule has 0 fully saturated rings. The lowest BCUT2D eigenvalue weighted by molar-refractivity contribution is 0.101. The van der Waals surface area contributed by atoms with Crippen LogP contribution in [0.25, 0.3) is 0 Å². The fourth-order valence-corrected chi connectivity index (χ4v) is 5.69. The van der Waals surface area contributed by atoms with Crippen LogP contribution in [0.5, 0.6) is 0 Å². The van der Waals surface area contributed by atoms with Gasteiger partial charge in [-0.2, -0.15) is 0 Å². The molecule has 4 rings (SSSR count). The number of hydrogen-bond donors (Lipinski definition) is 0. The molecule has 6 heteroatoms. The van der Waals surface area contributed by atoms with E-state index in [1.165, 1.54) is 23.5 Å². The van der Waals surface area contributed by atoms with Crippen molar-refractivity contribution in [1.29, 1.82) is 0 Å². The average molecular weight is 393 g/mol. The minimum absolute atomic E-state index is 0.180. The molecule has 2 aliphatic heterocycles. The molecular weight excluding hydrogens is 383 g/mol. The third kappa shape index (κ3) is 2.21. The van der Waals surface area contributed by atoms with Crippen molar-refractivity contribution in [3.05, 3.63) is 66.4 Å². The highest BCUT2D eigenvalue weighted by Crippen LogP contribution is 2.52. The van der Waals surface area contributed by atoms with E-state index in [9.17, 15) is 9.59 Å². The monoisotopic (exact) mass is 392 g/mol. The number of Topliss-reactive ketones (excluding diaryl/α,β-unsaturated/α-hetero) is 2. The van der Waals surface area contributed by atoms with Crippen LogP contribution in [0.15, 0.2) is 43.9 Å². The van der Waals surface area contributed by atoms with Crippen LogP contribution in [-0.4, -0.2) is 11.6 Å². The minimum Gasteiger partial charge on any atom is -0.288 e. The first-order valence-electron chi connectivity index (χ1n) is 7.17. The molecule has 0 amide bonds. The van der Waals surface area contributed by atoms with Crippen LogP contribution in [0.3, 0.4) is 0 Å². The normalized spacial score (nSPS) is 19.0. The van der Waals surface area contributed by atoms with Crippen molar-refractivity contribution < 1.29 is 9.59 Å². The van der Waals surface area contributed by atoms with E-state index in [2.05, 4.69) is 0 Å². The van der Waals surface area contributed by atoms with E-state index in [0.29, 0.717) is 31.0 Å². The van der Waals surface area contributed by atoms with Gasteiger partial charge in [-0.05, 0) is 37.1 Å². The highest BCUT2D eigenvalue weighted by molar-refractivity contribution is 8.08. The lowest BCUT2D eigenvalue weighted by Crippen LogP contribution is -2.03. The smallest absolute Gasteiger partial charge is 0.203 e. The van der Waals surface area contributed by atoms with Crippen molar-refractivity contribution in [2.24, 2.45) is 0 Å². The molecule has 2 aromatic rings. The zero-order valence-electron chi connectivity index (χ0n) is 12.7. The molecule has 0 spiro atoms. The predicted octanol–water partition coefficient (Wildman–Crippen LogP) is 6.10. The number of rotatable bonds is 0. The molecule has 2 aliphatic rings. The summed E-state index contributed by atoms with van der Waals surface area (Å²) in [7, 11) is 0. The van der Waals surface area contributed by atoms with Crippen molar-refractivity contribution in [3.8, 4) is 0 Å². The van der Waals surface area contributed by atoms with E-state index in [4.69, 9.17) is 23.2 Å². The first-order chi connectivity index (χ1) is 11.4. The molecule has 0 aliphatic carbocycles. The maximum atomic E-state index is 12.8. The van der Waals surface area contributed by atoms with Gasteiger partial charge in [-0.3, -0.25) is 9.59 Å². The Kier molecular flexibility index (Phi) is 3.84. The summed E-state index contributed by atoms with van der Waals surface area (Å²) < 4.78 is 0. The minimum atomic E-state index is -0.180. The van der Waals surface area contributed by atoms with Crippen LogP contribution in [0.4, 0.5) is 0 Å². The number of benzene rings is 2. The number of carbonyl (C=O) groups is 2. The SMILES string of the molecule is Cc1ccc2c(c1Cl)C(=O)/C(=C1/Sc3ccc(C)c(Cl)c3C1=O)S2. The van der Waals surface area contributed by atoms with Crippen molar-refractivity contribution in [2.45, 2.75) is 23.6 Å². The van der Waals surface area contributed by atoms with Gasteiger partial charge in [0.15, 0.2) is 0 Å². The van der Waals surface area contributed by atoms with Crippen molar-refractivity contribution >= 4 is 58.3 Å². The third-order valence-electron chi connectivity index (χ3n) is 4.09. The van der Waals surface area contributed by atoms with Gasteiger partial charge in [-0.25, -0.2) is 0 Å². The number of thioether (sulfide) groups is 2. The van der Waals surface area contributed by atoms with E-state index in [1.807, 2.05) is 38.1 Å². The molecule has 2 nitrogen and oxygen atoms in total. The van der Waals surface area contributed by atoms with Gasteiger partial charge < -0.3 is 0 Å². The summed E-state index contributed by atoms with van der Waals surface area (Å²) in [5, 5.41) is 0.921. The molecule has 2 aromatic carbocycles. The van der Waals surface area contributed by atoms with E-state index >= 15 is 0 Å². The van der Waals surface area contributed by atoms with Gasteiger partial charge in [0.25, 0.3) is 0 Å². The van der Waals surface area contributed by atoms with Crippen LogP contribution < -0.4 is 0 Å². The van der Waals surface area contributed by atoms with E-state index < -0.39 is 0 Å². The molecule has 0 saturated carbocycles. The number of aryl methyl sites for hydroxylation is 2. The van der Waals surface area contributed by atoms with Crippen LogP contribution in [0.2, 0.25) is 10.0 Å². The van der Waals surface area contributed by atoms with E-state index in [1.54, 1.807) is 0 Å². The summed E-state index contributed by atoms with van der Waals surface area (Å²) in [5.74, 6) is -0.361. The Bertz CT molecular complexity index is 913. The summed E-state index contributed by atoms with van der Waals surface area (Å²) in [6, 6.07) is 7.52. The van der Waals surface area contributed by atoms with Gasteiger partial charge in [0.05, 0.1) is 31.0 Å². The average Bonchev–Trinajstić information content (AvgIpc) is 3.05. The van der Waals surface area contributed by atoms with Crippen LogP contribution in [0, 0.1) is 13.8 Å². The molecule has 2 heterocycles. The topological polar surface area (TPSA) is 34.1 Å². The van der Waals surface area contributed by atoms with E-state index in [-0.39, 0.29) is 11.6 Å².